The summed E-state index contributed by atoms with van der Waals surface area (Å²) in [5, 5.41) is 37.7. The zero-order valence-electron chi connectivity index (χ0n) is 30.3. The molecule has 4 bridgehead atoms. The van der Waals surface area contributed by atoms with E-state index in [2.05, 4.69) is 43.1 Å². The molecule has 33 heteroatoms. The smallest absolute Gasteiger partial charge is 0.331 e. The van der Waals surface area contributed by atoms with Crippen LogP contribution in [0.1, 0.15) is 77.0 Å². The van der Waals surface area contributed by atoms with Crippen molar-refractivity contribution in [1.29, 1.82) is 0 Å². The van der Waals surface area contributed by atoms with Crippen LogP contribution in [0.5, 0.6) is 0 Å². The number of rotatable bonds is 27. The number of aliphatic hydroxyl groups is 3. The molecule has 0 aliphatic heterocycles. The first kappa shape index (κ1) is 52.2. The van der Waals surface area contributed by atoms with E-state index < -0.39 is 122 Å². The number of nitrogens with one attached hydrogen (secondary N) is 3. The van der Waals surface area contributed by atoms with Crippen molar-refractivity contribution in [3.8, 4) is 0 Å². The van der Waals surface area contributed by atoms with Gasteiger partial charge in [0.05, 0.1) is 0 Å². The summed E-state index contributed by atoms with van der Waals surface area (Å²) in [6.07, 6.45) is 3.71. The van der Waals surface area contributed by atoms with Gasteiger partial charge in [-0.05, 0) is 80.0 Å². The van der Waals surface area contributed by atoms with Crippen molar-refractivity contribution in [3.05, 3.63) is 0 Å². The Morgan fingerprint density at radius 1 is 0.534 bits per heavy atom. The summed E-state index contributed by atoms with van der Waals surface area (Å²) in [5.41, 5.74) is -1.65. The SMILES string of the molecule is O=C(CCC12CC3CC(CCC(=O)NCC(O)(OP(O)O)O[PH](=O)O)(C1)CC(CCC(=O)NCC(O)(OP(O)O)O[PH](=O)O)(C3)C2)NCC(O)(OP(O)O)OP(O)O. The molecule has 27 nitrogen and oxygen atoms in total. The van der Waals surface area contributed by atoms with Crippen LogP contribution in [0.4, 0.5) is 0 Å². The highest BCUT2D eigenvalue weighted by molar-refractivity contribution is 7.40. The van der Waals surface area contributed by atoms with Gasteiger partial charge in [-0.2, -0.15) is 0 Å². The molecule has 3 amide bonds. The molecule has 16 N–H and O–H groups in total. The van der Waals surface area contributed by atoms with Crippen LogP contribution in [0.3, 0.4) is 0 Å². The molecule has 6 atom stereocenters. The summed E-state index contributed by atoms with van der Waals surface area (Å²) in [5.74, 6) is -11.1. The van der Waals surface area contributed by atoms with E-state index in [1.165, 1.54) is 0 Å². The van der Waals surface area contributed by atoms with Crippen LogP contribution in [-0.4, -0.2) is 120 Å². The van der Waals surface area contributed by atoms with Gasteiger partial charge < -0.3 is 80.2 Å². The molecule has 4 fully saturated rings. The highest BCUT2D eigenvalue weighted by Gasteiger charge is 2.62. The Balaban J connectivity index is 1.77. The molecule has 0 saturated heterocycles. The Morgan fingerprint density at radius 3 is 1.05 bits per heavy atom. The molecule has 0 aromatic rings. The maximum Gasteiger partial charge on any atom is 0.331 e. The van der Waals surface area contributed by atoms with Crippen molar-refractivity contribution >= 4 is 68.6 Å². The Hall–Kier alpha value is -0.170. The highest BCUT2D eigenvalue weighted by Crippen LogP contribution is 2.73. The van der Waals surface area contributed by atoms with Crippen molar-refractivity contribution in [3.63, 3.8) is 0 Å². The third-order valence-corrected chi connectivity index (χ3v) is 12.8. The minimum Gasteiger partial charge on any atom is -0.348 e. The predicted molar refractivity (Wildman–Crippen MR) is 194 cm³/mol. The Bertz CT molecular complexity index is 1390. The van der Waals surface area contributed by atoms with Gasteiger partial charge in [-0.25, -0.2) is 0 Å². The Kier molecular flexibility index (Phi) is 19.7. The number of hydrogen-bond donors (Lipinski definition) is 16. The summed E-state index contributed by atoms with van der Waals surface area (Å²) in [6, 6.07) is 0. The van der Waals surface area contributed by atoms with Crippen LogP contribution < -0.4 is 16.0 Å². The summed E-state index contributed by atoms with van der Waals surface area (Å²) >= 11 is 0. The highest BCUT2D eigenvalue weighted by atomic mass is 31.2. The first-order valence-corrected chi connectivity index (χ1v) is 24.2. The van der Waals surface area contributed by atoms with Crippen LogP contribution in [0.15, 0.2) is 0 Å². The number of amides is 3. The Labute approximate surface area is 335 Å². The van der Waals surface area contributed by atoms with E-state index in [9.17, 15) is 38.8 Å². The van der Waals surface area contributed by atoms with Gasteiger partial charge in [0, 0.05) is 19.3 Å². The minimum absolute atomic E-state index is 0.0453. The third-order valence-electron chi connectivity index (χ3n) is 9.98. The second-order valence-corrected chi connectivity index (χ2v) is 18.8. The normalized spacial score (nSPS) is 27.4. The molecule has 4 saturated carbocycles. The number of carbonyl (C=O) groups excluding carboxylic acids is 3. The molecule has 0 heterocycles. The molecule has 0 radical (unpaired) electrons. The molecule has 0 spiro atoms. The van der Waals surface area contributed by atoms with Crippen molar-refractivity contribution in [2.45, 2.75) is 95.0 Å². The maximum absolute atomic E-state index is 13.0. The molecule has 6 unspecified atom stereocenters. The molecule has 4 rings (SSSR count). The van der Waals surface area contributed by atoms with Crippen molar-refractivity contribution < 1.29 is 115 Å². The van der Waals surface area contributed by atoms with Crippen molar-refractivity contribution in [2.24, 2.45) is 22.2 Å². The second-order valence-electron chi connectivity index (χ2n) is 14.6. The van der Waals surface area contributed by atoms with Crippen molar-refractivity contribution in [2.75, 3.05) is 19.6 Å². The van der Waals surface area contributed by atoms with Crippen LogP contribution in [0.2, 0.25) is 0 Å². The number of carbonyl (C=O) groups is 3. The molecular weight excluding hydrogens is 912 g/mol. The van der Waals surface area contributed by atoms with Gasteiger partial charge in [0.25, 0.3) is 0 Å². The second kappa shape index (κ2) is 22.0. The van der Waals surface area contributed by atoms with E-state index in [1.54, 1.807) is 0 Å². The minimum atomic E-state index is -3.88. The fourth-order valence-corrected chi connectivity index (χ4v) is 11.4. The topological polar surface area (TPSA) is 440 Å². The average molecular weight is 962 g/mol. The van der Waals surface area contributed by atoms with Gasteiger partial charge in [0.15, 0.2) is 0 Å². The van der Waals surface area contributed by atoms with E-state index >= 15 is 0 Å². The largest absolute Gasteiger partial charge is 0.348 e. The average Bonchev–Trinajstić information content (AvgIpc) is 3.03. The summed E-state index contributed by atoms with van der Waals surface area (Å²) in [7, 11) is -20.8. The fourth-order valence-electron chi connectivity index (χ4n) is 8.97. The van der Waals surface area contributed by atoms with Gasteiger partial charge in [0.1, 0.15) is 19.6 Å². The molecule has 338 valence electrons. The van der Waals surface area contributed by atoms with Crippen LogP contribution in [0.25, 0.3) is 0 Å². The monoisotopic (exact) mass is 961 g/mol. The van der Waals surface area contributed by atoms with Gasteiger partial charge in [-0.3, -0.25) is 50.7 Å². The molecule has 4 aliphatic carbocycles. The van der Waals surface area contributed by atoms with Gasteiger partial charge >= 0.3 is 68.8 Å². The lowest BCUT2D eigenvalue weighted by atomic mass is 9.37. The third kappa shape index (κ3) is 17.2. The van der Waals surface area contributed by atoms with E-state index in [4.69, 9.17) is 48.9 Å². The van der Waals surface area contributed by atoms with Crippen LogP contribution in [0, 0.1) is 22.2 Å². The lowest BCUT2D eigenvalue weighted by Gasteiger charge is -2.67. The molecule has 4 aliphatic rings. The van der Waals surface area contributed by atoms with Crippen LogP contribution >= 0.6 is 50.9 Å². The number of hydrogen-bond acceptors (Lipinski definition) is 22. The van der Waals surface area contributed by atoms with E-state index in [0.29, 0.717) is 38.5 Å². The maximum atomic E-state index is 13.0. The standard InChI is InChI=1S/C25H49N3O24P6/c29-17(26-13-23(32,47-53(35)36)48-54(37)38)1-4-20-7-16-8-21(10-20,5-2-18(30)27-14-24(33,49-55(39)40)50-56(41)42)12-22(9-16,11-20)6-3-19(31)28-15-25(34,51-57(43)44)52-58(45)46/h16,32-40,43-44,56,58H,1-15H2,(H,26,29)(H,27,30)(H,28,31)(H,41,42)(H,45,46). The molecular formula is C25H49N3O24P6. The molecule has 0 aromatic heterocycles. The molecule has 0 aromatic carbocycles. The first-order valence-electron chi connectivity index (χ1n) is 17.0. The zero-order valence-corrected chi connectivity index (χ0v) is 35.9. The van der Waals surface area contributed by atoms with Crippen molar-refractivity contribution in [1.82, 2.24) is 16.0 Å². The summed E-state index contributed by atoms with van der Waals surface area (Å²) in [6.45, 7) is -2.86. The Morgan fingerprint density at radius 2 is 0.793 bits per heavy atom. The predicted octanol–water partition coefficient (Wildman–Crippen LogP) is -1.72. The fraction of sp³-hybridized carbons (Fsp3) is 0.880. The molecule has 58 heavy (non-hydrogen) atoms. The van der Waals surface area contributed by atoms with E-state index in [-0.39, 0.29) is 44.4 Å². The van der Waals surface area contributed by atoms with Crippen LogP contribution in [-0.2, 0) is 50.7 Å². The van der Waals surface area contributed by atoms with Gasteiger partial charge in [-0.15, -0.1) is 0 Å². The van der Waals surface area contributed by atoms with E-state index in [1.807, 2.05) is 0 Å². The lowest BCUT2D eigenvalue weighted by molar-refractivity contribution is -0.273. The quantitative estimate of drug-likeness (QED) is 0.0322. The van der Waals surface area contributed by atoms with Gasteiger partial charge in [-0.1, -0.05) is 0 Å². The lowest BCUT2D eigenvalue weighted by Crippen LogP contribution is -2.57. The van der Waals surface area contributed by atoms with Gasteiger partial charge in [0.2, 0.25) is 17.7 Å². The summed E-state index contributed by atoms with van der Waals surface area (Å²) in [4.78, 5) is 130. The summed E-state index contributed by atoms with van der Waals surface area (Å²) < 4.78 is 48.6. The first-order chi connectivity index (χ1) is 26.7. The van der Waals surface area contributed by atoms with E-state index in [0.717, 1.165) is 0 Å². The zero-order chi connectivity index (χ0) is 43.7.